The van der Waals surface area contributed by atoms with Crippen LogP contribution in [0.3, 0.4) is 0 Å². The highest BCUT2D eigenvalue weighted by atomic mass is 32.1. The zero-order chi connectivity index (χ0) is 11.9. The van der Waals surface area contributed by atoms with E-state index in [1.54, 1.807) is 6.07 Å². The molecule has 0 spiro atoms. The molecule has 1 aromatic heterocycles. The molecule has 0 unspecified atom stereocenters. The molecule has 6 heteroatoms. The Balaban J connectivity index is 1.58. The lowest BCUT2D eigenvalue weighted by atomic mass is 10.4. The average Bonchev–Trinajstić information content (AvgIpc) is 2.89. The molecule has 1 fully saturated rings. The van der Waals surface area contributed by atoms with Crippen LogP contribution < -0.4 is 5.48 Å². The van der Waals surface area contributed by atoms with Gasteiger partial charge in [-0.1, -0.05) is 6.07 Å². The maximum Gasteiger partial charge on any atom is 0.284 e. The molecular weight excluding hydrogens is 240 g/mol. The van der Waals surface area contributed by atoms with Gasteiger partial charge in [-0.25, -0.2) is 5.48 Å². The molecule has 2 heterocycles. The Kier molecular flexibility index (Phi) is 4.93. The zero-order valence-electron chi connectivity index (χ0n) is 9.55. The summed E-state index contributed by atoms with van der Waals surface area (Å²) in [5.41, 5.74) is 2.44. The predicted octanol–water partition coefficient (Wildman–Crippen LogP) is 0.742. The van der Waals surface area contributed by atoms with Crippen LogP contribution in [0.2, 0.25) is 0 Å². The molecule has 0 aliphatic carbocycles. The minimum Gasteiger partial charge on any atom is -0.379 e. The second-order valence-corrected chi connectivity index (χ2v) is 4.66. The molecule has 1 N–H and O–H groups in total. The van der Waals surface area contributed by atoms with Crippen LogP contribution in [0.5, 0.6) is 0 Å². The summed E-state index contributed by atoms with van der Waals surface area (Å²) in [7, 11) is 0. The van der Waals surface area contributed by atoms with Crippen molar-refractivity contribution in [1.29, 1.82) is 0 Å². The monoisotopic (exact) mass is 256 g/mol. The lowest BCUT2D eigenvalue weighted by Crippen LogP contribution is -2.39. The van der Waals surface area contributed by atoms with Gasteiger partial charge in [-0.05, 0) is 11.4 Å². The number of nitrogens with zero attached hydrogens (tertiary/aromatic N) is 1. The minimum absolute atomic E-state index is 0.179. The Labute approximate surface area is 104 Å². The van der Waals surface area contributed by atoms with Crippen molar-refractivity contribution in [3.63, 3.8) is 0 Å². The quantitative estimate of drug-likeness (QED) is 0.623. The van der Waals surface area contributed by atoms with Gasteiger partial charge in [-0.3, -0.25) is 14.5 Å². The molecular formula is C11H16N2O3S. The molecule has 1 amide bonds. The van der Waals surface area contributed by atoms with Crippen molar-refractivity contribution in [2.24, 2.45) is 0 Å². The van der Waals surface area contributed by atoms with Crippen molar-refractivity contribution in [3.05, 3.63) is 22.4 Å². The van der Waals surface area contributed by atoms with Gasteiger partial charge in [-0.2, -0.15) is 0 Å². The number of rotatable bonds is 5. The third-order valence-corrected chi connectivity index (χ3v) is 3.39. The summed E-state index contributed by atoms with van der Waals surface area (Å²) in [4.78, 5) is 19.6. The SMILES string of the molecule is O=C(NOCCN1CCOCC1)c1cccs1. The fourth-order valence-corrected chi connectivity index (χ4v) is 2.18. The topological polar surface area (TPSA) is 50.8 Å². The largest absolute Gasteiger partial charge is 0.379 e. The van der Waals surface area contributed by atoms with Crippen molar-refractivity contribution in [3.8, 4) is 0 Å². The van der Waals surface area contributed by atoms with Crippen molar-refractivity contribution < 1.29 is 14.4 Å². The summed E-state index contributed by atoms with van der Waals surface area (Å²) in [5.74, 6) is -0.179. The standard InChI is InChI=1S/C11H16N2O3S/c14-11(10-2-1-9-17-10)12-16-8-5-13-3-6-15-7-4-13/h1-2,9H,3-8H2,(H,12,14). The van der Waals surface area contributed by atoms with E-state index in [2.05, 4.69) is 10.4 Å². The van der Waals surface area contributed by atoms with E-state index in [0.717, 1.165) is 32.8 Å². The number of amides is 1. The fraction of sp³-hybridized carbons (Fsp3) is 0.545. The van der Waals surface area contributed by atoms with Crippen LogP contribution in [0, 0.1) is 0 Å². The molecule has 0 bridgehead atoms. The van der Waals surface area contributed by atoms with Gasteiger partial charge in [0.1, 0.15) is 0 Å². The summed E-state index contributed by atoms with van der Waals surface area (Å²) < 4.78 is 5.24. The first-order valence-electron chi connectivity index (χ1n) is 5.62. The maximum atomic E-state index is 11.5. The van der Waals surface area contributed by atoms with Gasteiger partial charge in [-0.15, -0.1) is 11.3 Å². The van der Waals surface area contributed by atoms with Gasteiger partial charge in [0.15, 0.2) is 0 Å². The highest BCUT2D eigenvalue weighted by Crippen LogP contribution is 2.07. The van der Waals surface area contributed by atoms with Gasteiger partial charge in [0.2, 0.25) is 0 Å². The lowest BCUT2D eigenvalue weighted by Gasteiger charge is -2.26. The third-order valence-electron chi connectivity index (χ3n) is 2.52. The molecule has 1 aliphatic rings. The molecule has 5 nitrogen and oxygen atoms in total. The summed E-state index contributed by atoms with van der Waals surface area (Å²) in [6, 6.07) is 3.61. The Morgan fingerprint density at radius 2 is 2.35 bits per heavy atom. The first kappa shape index (κ1) is 12.5. The van der Waals surface area contributed by atoms with Crippen molar-refractivity contribution >= 4 is 17.2 Å². The van der Waals surface area contributed by atoms with Crippen molar-refractivity contribution in [1.82, 2.24) is 10.4 Å². The lowest BCUT2D eigenvalue weighted by molar-refractivity contribution is -0.00162. The second-order valence-electron chi connectivity index (χ2n) is 3.71. The van der Waals surface area contributed by atoms with E-state index < -0.39 is 0 Å². The van der Waals surface area contributed by atoms with E-state index in [-0.39, 0.29) is 5.91 Å². The highest BCUT2D eigenvalue weighted by Gasteiger charge is 2.10. The van der Waals surface area contributed by atoms with E-state index in [0.29, 0.717) is 11.5 Å². The number of morpholine rings is 1. The number of thiophene rings is 1. The van der Waals surface area contributed by atoms with Crippen molar-refractivity contribution in [2.45, 2.75) is 0 Å². The summed E-state index contributed by atoms with van der Waals surface area (Å²) >= 11 is 1.40. The first-order chi connectivity index (χ1) is 8.36. The number of hydrogen-bond donors (Lipinski definition) is 1. The predicted molar refractivity (Wildman–Crippen MR) is 65.0 cm³/mol. The van der Waals surface area contributed by atoms with Crippen LogP contribution in [0.15, 0.2) is 17.5 Å². The molecule has 1 aromatic rings. The number of hydroxylamine groups is 1. The van der Waals surface area contributed by atoms with Crippen LogP contribution in [0.4, 0.5) is 0 Å². The van der Waals surface area contributed by atoms with Gasteiger partial charge in [0, 0.05) is 19.6 Å². The minimum atomic E-state index is -0.179. The Bertz CT molecular complexity index is 336. The zero-order valence-corrected chi connectivity index (χ0v) is 10.4. The fourth-order valence-electron chi connectivity index (χ4n) is 1.57. The molecule has 0 saturated carbocycles. The molecule has 0 radical (unpaired) electrons. The van der Waals surface area contributed by atoms with E-state index in [9.17, 15) is 4.79 Å². The van der Waals surface area contributed by atoms with E-state index >= 15 is 0 Å². The Morgan fingerprint density at radius 3 is 3.06 bits per heavy atom. The molecule has 17 heavy (non-hydrogen) atoms. The van der Waals surface area contributed by atoms with E-state index in [1.807, 2.05) is 11.4 Å². The number of carbonyl (C=O) groups excluding carboxylic acids is 1. The normalized spacial score (nSPS) is 16.9. The third kappa shape index (κ3) is 4.08. The molecule has 2 rings (SSSR count). The average molecular weight is 256 g/mol. The Hall–Kier alpha value is -0.950. The Morgan fingerprint density at radius 1 is 1.53 bits per heavy atom. The van der Waals surface area contributed by atoms with Crippen LogP contribution in [0.1, 0.15) is 9.67 Å². The van der Waals surface area contributed by atoms with Gasteiger partial charge in [0.05, 0.1) is 24.7 Å². The van der Waals surface area contributed by atoms with Crippen LogP contribution >= 0.6 is 11.3 Å². The van der Waals surface area contributed by atoms with Crippen LogP contribution in [-0.2, 0) is 9.57 Å². The second kappa shape index (κ2) is 6.70. The smallest absolute Gasteiger partial charge is 0.284 e. The van der Waals surface area contributed by atoms with Crippen molar-refractivity contribution in [2.75, 3.05) is 39.5 Å². The summed E-state index contributed by atoms with van der Waals surface area (Å²) in [5, 5.41) is 1.86. The molecule has 1 aliphatic heterocycles. The molecule has 0 aromatic carbocycles. The number of carbonyl (C=O) groups is 1. The first-order valence-corrected chi connectivity index (χ1v) is 6.50. The summed E-state index contributed by atoms with van der Waals surface area (Å²) in [6.45, 7) is 4.73. The molecule has 94 valence electrons. The van der Waals surface area contributed by atoms with Gasteiger partial charge in [0.25, 0.3) is 5.91 Å². The number of ether oxygens (including phenoxy) is 1. The van der Waals surface area contributed by atoms with Crippen LogP contribution in [-0.4, -0.2) is 50.3 Å². The molecule has 0 atom stereocenters. The maximum absolute atomic E-state index is 11.5. The number of hydrogen-bond acceptors (Lipinski definition) is 5. The summed E-state index contributed by atoms with van der Waals surface area (Å²) in [6.07, 6.45) is 0. The highest BCUT2D eigenvalue weighted by molar-refractivity contribution is 7.12. The van der Waals surface area contributed by atoms with E-state index in [1.165, 1.54) is 11.3 Å². The van der Waals surface area contributed by atoms with Gasteiger partial charge < -0.3 is 4.74 Å². The molecule has 1 saturated heterocycles. The van der Waals surface area contributed by atoms with Gasteiger partial charge >= 0.3 is 0 Å². The van der Waals surface area contributed by atoms with Crippen LogP contribution in [0.25, 0.3) is 0 Å². The van der Waals surface area contributed by atoms with E-state index in [4.69, 9.17) is 9.57 Å². The number of nitrogens with one attached hydrogen (secondary N) is 1.